The highest BCUT2D eigenvalue weighted by atomic mass is 32.2. The molecule has 1 aliphatic carbocycles. The van der Waals surface area contributed by atoms with Crippen LogP contribution in [0.2, 0.25) is 0 Å². The minimum absolute atomic E-state index is 0.0888. The first-order valence-corrected chi connectivity index (χ1v) is 9.88. The van der Waals surface area contributed by atoms with Gasteiger partial charge in [-0.15, -0.1) is 11.3 Å². The maximum atomic E-state index is 12.4. The average Bonchev–Trinajstić information content (AvgIpc) is 2.88. The molecule has 1 aromatic heterocycles. The largest absolute Gasteiger partial charge is 0.319 e. The van der Waals surface area contributed by atoms with Gasteiger partial charge in [-0.05, 0) is 63.2 Å². The molecule has 0 unspecified atom stereocenters. The Hall–Kier alpha value is -0.430. The molecule has 0 radical (unpaired) electrons. The molecule has 1 fully saturated rings. The fourth-order valence-corrected chi connectivity index (χ4v) is 5.36. The lowest BCUT2D eigenvalue weighted by Crippen LogP contribution is -2.38. The molecule has 4 nitrogen and oxygen atoms in total. The van der Waals surface area contributed by atoms with Gasteiger partial charge in [-0.25, -0.2) is 13.1 Å². The smallest absolute Gasteiger partial charge is 0.250 e. The van der Waals surface area contributed by atoms with Gasteiger partial charge in [0, 0.05) is 10.9 Å². The summed E-state index contributed by atoms with van der Waals surface area (Å²) >= 11 is 1.38. The third-order valence-electron chi connectivity index (χ3n) is 4.18. The van der Waals surface area contributed by atoms with Gasteiger partial charge in [-0.1, -0.05) is 13.8 Å². The maximum Gasteiger partial charge on any atom is 0.250 e. The van der Waals surface area contributed by atoms with E-state index in [4.69, 9.17) is 0 Å². The van der Waals surface area contributed by atoms with Gasteiger partial charge in [0.15, 0.2) is 0 Å². The molecular formula is C15H26N2O2S2. The van der Waals surface area contributed by atoms with Gasteiger partial charge in [-0.2, -0.15) is 0 Å². The van der Waals surface area contributed by atoms with Gasteiger partial charge in [0.05, 0.1) is 0 Å². The van der Waals surface area contributed by atoms with Crippen LogP contribution in [0.1, 0.15) is 44.4 Å². The van der Waals surface area contributed by atoms with Crippen molar-refractivity contribution in [2.45, 2.75) is 56.2 Å². The van der Waals surface area contributed by atoms with Crippen molar-refractivity contribution in [2.24, 2.45) is 5.41 Å². The number of likely N-dealkylation sites (N-methyl/N-ethyl adjacent to an activating group) is 1. The van der Waals surface area contributed by atoms with Gasteiger partial charge in [0.2, 0.25) is 10.0 Å². The Balaban J connectivity index is 1.97. The van der Waals surface area contributed by atoms with E-state index in [0.717, 1.165) is 43.5 Å². The molecule has 2 N–H and O–H groups in total. The fourth-order valence-electron chi connectivity index (χ4n) is 2.68. The Bertz CT molecular complexity index is 554. The Kier molecular flexibility index (Phi) is 5.46. The van der Waals surface area contributed by atoms with Crippen LogP contribution in [-0.2, 0) is 16.4 Å². The number of sulfonamides is 1. The van der Waals surface area contributed by atoms with Crippen molar-refractivity contribution in [3.63, 3.8) is 0 Å². The predicted molar refractivity (Wildman–Crippen MR) is 88.3 cm³/mol. The summed E-state index contributed by atoms with van der Waals surface area (Å²) in [6, 6.07) is 3.73. The van der Waals surface area contributed by atoms with E-state index in [1.165, 1.54) is 11.3 Å². The first kappa shape index (κ1) is 16.9. The molecule has 0 bridgehead atoms. The lowest BCUT2D eigenvalue weighted by Gasteiger charge is -2.34. The maximum absolute atomic E-state index is 12.4. The summed E-state index contributed by atoms with van der Waals surface area (Å²) in [5.41, 5.74) is 0.352. The predicted octanol–water partition coefficient (Wildman–Crippen LogP) is 2.76. The van der Waals surface area contributed by atoms with Crippen LogP contribution in [0.25, 0.3) is 0 Å². The van der Waals surface area contributed by atoms with E-state index in [2.05, 4.69) is 23.9 Å². The highest BCUT2D eigenvalue weighted by Gasteiger charge is 2.30. The van der Waals surface area contributed by atoms with Crippen molar-refractivity contribution in [1.82, 2.24) is 10.0 Å². The van der Waals surface area contributed by atoms with E-state index in [1.54, 1.807) is 6.07 Å². The molecule has 2 rings (SSSR count). The van der Waals surface area contributed by atoms with Crippen LogP contribution in [0.3, 0.4) is 0 Å². The van der Waals surface area contributed by atoms with Crippen LogP contribution < -0.4 is 10.0 Å². The zero-order valence-corrected chi connectivity index (χ0v) is 14.7. The van der Waals surface area contributed by atoms with Crippen molar-refractivity contribution in [3.8, 4) is 0 Å². The average molecular weight is 331 g/mol. The molecule has 0 aromatic carbocycles. The van der Waals surface area contributed by atoms with Crippen molar-refractivity contribution in [1.29, 1.82) is 0 Å². The number of nitrogens with one attached hydrogen (secondary N) is 2. The van der Waals surface area contributed by atoms with E-state index in [1.807, 2.05) is 13.1 Å². The first-order valence-electron chi connectivity index (χ1n) is 7.58. The van der Waals surface area contributed by atoms with Crippen LogP contribution in [0.15, 0.2) is 16.3 Å². The SMILES string of the molecule is CNCCc1ccc(S(=O)(=O)NC2CCC(C)(C)CC2)s1. The second-order valence-electron chi connectivity index (χ2n) is 6.63. The molecule has 6 heteroatoms. The summed E-state index contributed by atoms with van der Waals surface area (Å²) in [5.74, 6) is 0. The normalized spacial score (nSPS) is 19.8. The Morgan fingerprint density at radius 2 is 1.95 bits per heavy atom. The molecule has 120 valence electrons. The van der Waals surface area contributed by atoms with Gasteiger partial charge in [0.1, 0.15) is 4.21 Å². The second-order valence-corrected chi connectivity index (χ2v) is 9.74. The molecule has 0 aliphatic heterocycles. The lowest BCUT2D eigenvalue weighted by molar-refractivity contribution is 0.218. The van der Waals surface area contributed by atoms with Crippen LogP contribution >= 0.6 is 11.3 Å². The Morgan fingerprint density at radius 3 is 2.57 bits per heavy atom. The van der Waals surface area contributed by atoms with Gasteiger partial charge in [0.25, 0.3) is 0 Å². The van der Waals surface area contributed by atoms with Crippen molar-refractivity contribution in [3.05, 3.63) is 17.0 Å². The third kappa shape index (κ3) is 4.77. The quantitative estimate of drug-likeness (QED) is 0.843. The molecular weight excluding hydrogens is 304 g/mol. The molecule has 1 aliphatic rings. The molecule has 0 amide bonds. The molecule has 1 heterocycles. The third-order valence-corrected chi connectivity index (χ3v) is 7.34. The Labute approximate surface area is 132 Å². The molecule has 1 saturated carbocycles. The van der Waals surface area contributed by atoms with Gasteiger partial charge in [-0.3, -0.25) is 0 Å². The lowest BCUT2D eigenvalue weighted by atomic mass is 9.76. The summed E-state index contributed by atoms with van der Waals surface area (Å²) in [4.78, 5) is 1.11. The molecule has 21 heavy (non-hydrogen) atoms. The van der Waals surface area contributed by atoms with E-state index in [9.17, 15) is 8.42 Å². The molecule has 0 saturated heterocycles. The van der Waals surface area contributed by atoms with E-state index < -0.39 is 10.0 Å². The van der Waals surface area contributed by atoms with E-state index in [-0.39, 0.29) is 6.04 Å². The summed E-state index contributed by atoms with van der Waals surface area (Å²) in [5, 5.41) is 3.08. The van der Waals surface area contributed by atoms with Gasteiger partial charge >= 0.3 is 0 Å². The second kappa shape index (κ2) is 6.77. The number of thiophene rings is 1. The minimum Gasteiger partial charge on any atom is -0.319 e. The van der Waals surface area contributed by atoms with E-state index in [0.29, 0.717) is 9.62 Å². The summed E-state index contributed by atoms with van der Waals surface area (Å²) in [6.07, 6.45) is 4.90. The zero-order chi connectivity index (χ0) is 15.5. The van der Waals surface area contributed by atoms with Crippen LogP contribution in [0, 0.1) is 5.41 Å². The first-order chi connectivity index (χ1) is 9.82. The summed E-state index contributed by atoms with van der Waals surface area (Å²) < 4.78 is 28.2. The minimum atomic E-state index is -3.35. The number of rotatable bonds is 6. The number of hydrogen-bond acceptors (Lipinski definition) is 4. The van der Waals surface area contributed by atoms with Crippen molar-refractivity contribution in [2.75, 3.05) is 13.6 Å². The van der Waals surface area contributed by atoms with Crippen molar-refractivity contribution < 1.29 is 8.42 Å². The molecule has 0 spiro atoms. The van der Waals surface area contributed by atoms with Crippen LogP contribution in [0.5, 0.6) is 0 Å². The fraction of sp³-hybridized carbons (Fsp3) is 0.733. The standard InChI is InChI=1S/C15H26N2O2S2/c1-15(2)9-6-12(7-10-15)17-21(18,19)14-5-4-13(20-14)8-11-16-3/h4-5,12,16-17H,6-11H2,1-3H3. The Morgan fingerprint density at radius 1 is 1.29 bits per heavy atom. The highest BCUT2D eigenvalue weighted by molar-refractivity contribution is 7.91. The summed E-state index contributed by atoms with van der Waals surface area (Å²) in [7, 11) is -1.45. The zero-order valence-electron chi connectivity index (χ0n) is 13.1. The molecule has 0 atom stereocenters. The van der Waals surface area contributed by atoms with Crippen molar-refractivity contribution >= 4 is 21.4 Å². The molecule has 1 aromatic rings. The van der Waals surface area contributed by atoms with Gasteiger partial charge < -0.3 is 5.32 Å². The summed E-state index contributed by atoms with van der Waals surface area (Å²) in [6.45, 7) is 5.38. The van der Waals surface area contributed by atoms with Crippen LogP contribution in [-0.4, -0.2) is 28.1 Å². The highest BCUT2D eigenvalue weighted by Crippen LogP contribution is 2.35. The van der Waals surface area contributed by atoms with E-state index >= 15 is 0 Å². The monoisotopic (exact) mass is 330 g/mol. The topological polar surface area (TPSA) is 58.2 Å². The van der Waals surface area contributed by atoms with Crippen LogP contribution in [0.4, 0.5) is 0 Å². The number of hydrogen-bond donors (Lipinski definition) is 2.